The van der Waals surface area contributed by atoms with Gasteiger partial charge in [-0.15, -0.1) is 0 Å². The highest BCUT2D eigenvalue weighted by atomic mass is 16.5. The van der Waals surface area contributed by atoms with Gasteiger partial charge in [0.25, 0.3) is 5.56 Å². The molecule has 3 heterocycles. The quantitative estimate of drug-likeness (QED) is 0.353. The number of ether oxygens (including phenoxy) is 1. The van der Waals surface area contributed by atoms with Gasteiger partial charge >= 0.3 is 6.01 Å². The smallest absolute Gasteiger partial charge is 0.302 e. The number of aliphatic imine (C=N–C) groups is 1. The molecule has 0 amide bonds. The predicted molar refractivity (Wildman–Crippen MR) is 133 cm³/mol. The summed E-state index contributed by atoms with van der Waals surface area (Å²) in [5.74, 6) is 1.20. The highest BCUT2D eigenvalue weighted by Crippen LogP contribution is 2.37. The molecule has 0 radical (unpaired) electrons. The summed E-state index contributed by atoms with van der Waals surface area (Å²) >= 11 is 0. The van der Waals surface area contributed by atoms with Crippen molar-refractivity contribution in [1.82, 2.24) is 9.97 Å². The summed E-state index contributed by atoms with van der Waals surface area (Å²) in [4.78, 5) is 25.5. The number of hydrogen-bond donors (Lipinski definition) is 3. The van der Waals surface area contributed by atoms with Gasteiger partial charge in [-0.05, 0) is 42.8 Å². The Morgan fingerprint density at radius 3 is 2.65 bits per heavy atom. The van der Waals surface area contributed by atoms with E-state index in [1.54, 1.807) is 0 Å². The van der Waals surface area contributed by atoms with Crippen molar-refractivity contribution >= 4 is 39.7 Å². The van der Waals surface area contributed by atoms with Crippen molar-refractivity contribution in [3.8, 4) is 5.75 Å². The monoisotopic (exact) mass is 451 g/mol. The fourth-order valence-corrected chi connectivity index (χ4v) is 4.24. The summed E-state index contributed by atoms with van der Waals surface area (Å²) in [6.45, 7) is 2.52. The minimum Gasteiger partial charge on any atom is -0.494 e. The highest BCUT2D eigenvalue weighted by Gasteiger charge is 2.28. The van der Waals surface area contributed by atoms with E-state index in [1.807, 2.05) is 79.7 Å². The standard InChI is InChI=1S/C26H21N5O3/c1-2-33-16-13-11-15(12-14-16)22-21-23(17-7-3-4-8-18(17)27-24(21)32)30-25(29-22)31-26-28-19-9-5-6-10-20(19)34-26/h3-14,22H,2H2,1H3,(H,27,32)(H2,28,29,30,31)/t22-/m1/s1. The van der Waals surface area contributed by atoms with Gasteiger partial charge in [0.05, 0.1) is 23.4 Å². The molecule has 1 aliphatic heterocycles. The van der Waals surface area contributed by atoms with Crippen LogP contribution in [0.25, 0.3) is 22.0 Å². The molecule has 0 saturated heterocycles. The van der Waals surface area contributed by atoms with Crippen molar-refractivity contribution in [2.45, 2.75) is 13.0 Å². The molecule has 2 aromatic heterocycles. The second kappa shape index (κ2) is 8.08. The Hall–Kier alpha value is -4.59. The van der Waals surface area contributed by atoms with Gasteiger partial charge in [0.2, 0.25) is 5.96 Å². The number of guanidine groups is 1. The van der Waals surface area contributed by atoms with E-state index in [1.165, 1.54) is 0 Å². The highest BCUT2D eigenvalue weighted by molar-refractivity contribution is 6.10. The number of benzene rings is 3. The first-order chi connectivity index (χ1) is 16.7. The number of fused-ring (bicyclic) bond motifs is 4. The maximum absolute atomic E-state index is 13.2. The van der Waals surface area contributed by atoms with Crippen LogP contribution < -0.4 is 20.9 Å². The second-order valence-electron chi connectivity index (χ2n) is 7.91. The third-order valence-corrected chi connectivity index (χ3v) is 5.76. The number of para-hydroxylation sites is 3. The zero-order chi connectivity index (χ0) is 23.1. The predicted octanol–water partition coefficient (Wildman–Crippen LogP) is 5.05. The molecule has 0 bridgehead atoms. The number of nitrogens with zero attached hydrogens (tertiary/aromatic N) is 2. The molecule has 0 aliphatic carbocycles. The summed E-state index contributed by atoms with van der Waals surface area (Å²) in [7, 11) is 0. The molecule has 0 saturated carbocycles. The molecule has 3 N–H and O–H groups in total. The molecule has 1 atom stereocenters. The van der Waals surface area contributed by atoms with Crippen LogP contribution in [0.4, 0.5) is 11.7 Å². The van der Waals surface area contributed by atoms with E-state index in [0.717, 1.165) is 27.7 Å². The molecule has 0 fully saturated rings. The first-order valence-corrected chi connectivity index (χ1v) is 11.0. The van der Waals surface area contributed by atoms with E-state index in [0.29, 0.717) is 35.4 Å². The number of nitrogens with one attached hydrogen (secondary N) is 3. The molecule has 6 rings (SSSR count). The number of rotatable bonds is 4. The Labute approximate surface area is 194 Å². The molecular formula is C26H21N5O3. The molecule has 0 unspecified atom stereocenters. The lowest BCUT2D eigenvalue weighted by Gasteiger charge is -2.26. The van der Waals surface area contributed by atoms with Crippen LogP contribution in [0.5, 0.6) is 5.75 Å². The Bertz CT molecular complexity index is 1570. The lowest BCUT2D eigenvalue weighted by molar-refractivity contribution is 0.340. The summed E-state index contributed by atoms with van der Waals surface area (Å²) in [5, 5.41) is 7.34. The third kappa shape index (κ3) is 3.45. The molecule has 8 nitrogen and oxygen atoms in total. The molecule has 34 heavy (non-hydrogen) atoms. The zero-order valence-electron chi connectivity index (χ0n) is 18.3. The molecule has 5 aromatic rings. The van der Waals surface area contributed by atoms with Crippen LogP contribution in [0.15, 0.2) is 87.0 Å². The number of aromatic amines is 1. The number of H-pyrrole nitrogens is 1. The molecular weight excluding hydrogens is 430 g/mol. The first-order valence-electron chi connectivity index (χ1n) is 11.0. The van der Waals surface area contributed by atoms with Crippen LogP contribution in [0.2, 0.25) is 0 Å². The lowest BCUT2D eigenvalue weighted by Crippen LogP contribution is -2.32. The van der Waals surface area contributed by atoms with Gasteiger partial charge in [0, 0.05) is 5.39 Å². The number of pyridine rings is 1. The second-order valence-corrected chi connectivity index (χ2v) is 7.91. The zero-order valence-corrected chi connectivity index (χ0v) is 18.3. The van der Waals surface area contributed by atoms with E-state index in [-0.39, 0.29) is 5.56 Å². The first kappa shape index (κ1) is 20.0. The van der Waals surface area contributed by atoms with Gasteiger partial charge in [-0.2, -0.15) is 4.98 Å². The van der Waals surface area contributed by atoms with Gasteiger partial charge < -0.3 is 19.5 Å². The van der Waals surface area contributed by atoms with Crippen molar-refractivity contribution < 1.29 is 9.15 Å². The Morgan fingerprint density at radius 1 is 1.03 bits per heavy atom. The lowest BCUT2D eigenvalue weighted by atomic mass is 9.95. The van der Waals surface area contributed by atoms with Gasteiger partial charge in [-0.25, -0.2) is 4.99 Å². The van der Waals surface area contributed by atoms with Gasteiger partial charge in [0.15, 0.2) is 5.58 Å². The fraction of sp³-hybridized carbons (Fsp3) is 0.115. The molecule has 1 aliphatic rings. The number of aromatic nitrogens is 2. The largest absolute Gasteiger partial charge is 0.494 e. The van der Waals surface area contributed by atoms with Crippen LogP contribution in [0.3, 0.4) is 0 Å². The van der Waals surface area contributed by atoms with Gasteiger partial charge in [-0.1, -0.05) is 42.5 Å². The van der Waals surface area contributed by atoms with E-state index in [9.17, 15) is 4.79 Å². The number of anilines is 2. The number of oxazole rings is 1. The van der Waals surface area contributed by atoms with Gasteiger partial charge in [-0.3, -0.25) is 10.1 Å². The Kier molecular flexibility index (Phi) is 4.76. The summed E-state index contributed by atoms with van der Waals surface area (Å²) in [6.07, 6.45) is 0. The van der Waals surface area contributed by atoms with Crippen molar-refractivity contribution in [1.29, 1.82) is 0 Å². The minimum atomic E-state index is -0.535. The normalized spacial score (nSPS) is 15.0. The molecule has 168 valence electrons. The third-order valence-electron chi connectivity index (χ3n) is 5.76. The van der Waals surface area contributed by atoms with Crippen LogP contribution >= 0.6 is 0 Å². The van der Waals surface area contributed by atoms with Gasteiger partial charge in [0.1, 0.15) is 17.3 Å². The average molecular weight is 451 g/mol. The van der Waals surface area contributed by atoms with Crippen LogP contribution in [0, 0.1) is 0 Å². The summed E-state index contributed by atoms with van der Waals surface area (Å²) in [6, 6.07) is 22.6. The molecule has 8 heteroatoms. The van der Waals surface area contributed by atoms with E-state index in [2.05, 4.69) is 20.6 Å². The molecule has 3 aromatic carbocycles. The van der Waals surface area contributed by atoms with Crippen LogP contribution in [0.1, 0.15) is 24.1 Å². The minimum absolute atomic E-state index is 0.190. The van der Waals surface area contributed by atoms with Crippen molar-refractivity contribution in [3.05, 3.63) is 94.3 Å². The summed E-state index contributed by atoms with van der Waals surface area (Å²) in [5.41, 5.74) is 4.08. The van der Waals surface area contributed by atoms with Crippen LogP contribution in [-0.2, 0) is 0 Å². The maximum Gasteiger partial charge on any atom is 0.302 e. The number of hydrogen-bond acceptors (Lipinski definition) is 7. The SMILES string of the molecule is CCOc1ccc([C@H]2N=C(Nc3nc4ccccc4o3)Nc3c2c(=O)[nH]c2ccccc32)cc1. The topological polar surface area (TPSA) is 105 Å². The molecule has 0 spiro atoms. The van der Waals surface area contributed by atoms with E-state index >= 15 is 0 Å². The van der Waals surface area contributed by atoms with Crippen molar-refractivity contribution in [3.63, 3.8) is 0 Å². The average Bonchev–Trinajstić information content (AvgIpc) is 3.26. The Morgan fingerprint density at radius 2 is 1.82 bits per heavy atom. The summed E-state index contributed by atoms with van der Waals surface area (Å²) < 4.78 is 11.4. The van der Waals surface area contributed by atoms with E-state index < -0.39 is 6.04 Å². The van der Waals surface area contributed by atoms with Crippen molar-refractivity contribution in [2.24, 2.45) is 4.99 Å². The fourth-order valence-electron chi connectivity index (χ4n) is 4.24. The van der Waals surface area contributed by atoms with E-state index in [4.69, 9.17) is 14.1 Å². The Balaban J connectivity index is 1.48. The van der Waals surface area contributed by atoms with Crippen molar-refractivity contribution in [2.75, 3.05) is 17.2 Å². The van der Waals surface area contributed by atoms with Crippen LogP contribution in [-0.4, -0.2) is 22.5 Å². The maximum atomic E-state index is 13.2.